The van der Waals surface area contributed by atoms with Crippen LogP contribution in [0.1, 0.15) is 72.6 Å². The van der Waals surface area contributed by atoms with E-state index in [0.717, 1.165) is 5.69 Å². The summed E-state index contributed by atoms with van der Waals surface area (Å²) in [6.07, 6.45) is 0. The maximum Gasteiger partial charge on any atom is 0.0544 e. The Balaban J connectivity index is 0.716. The number of para-hydroxylation sites is 4. The molecule has 3 aliphatic rings. The third-order valence-corrected chi connectivity index (χ3v) is 20.7. The zero-order valence-electron chi connectivity index (χ0n) is 49.5. The molecule has 0 fully saturated rings. The van der Waals surface area contributed by atoms with Crippen molar-refractivity contribution in [2.75, 3.05) is 0 Å². The monoisotopic (exact) mass is 1120 g/mol. The molecule has 0 bridgehead atoms. The molecule has 19 rings (SSSR count). The molecule has 88 heavy (non-hydrogen) atoms. The van der Waals surface area contributed by atoms with Gasteiger partial charge in [-0.3, -0.25) is 0 Å². The van der Waals surface area contributed by atoms with Gasteiger partial charge in [0.2, 0.25) is 0 Å². The Morgan fingerprint density at radius 1 is 0.239 bits per heavy atom. The number of rotatable bonds is 6. The minimum absolute atomic E-state index is 0.115. The summed E-state index contributed by atoms with van der Waals surface area (Å²) in [6, 6.07) is 106. The quantitative estimate of drug-likeness (QED) is 0.158. The van der Waals surface area contributed by atoms with Crippen molar-refractivity contribution < 1.29 is 0 Å². The molecule has 0 saturated carbocycles. The highest BCUT2D eigenvalue weighted by Gasteiger charge is 2.41. The van der Waals surface area contributed by atoms with E-state index in [1.54, 1.807) is 0 Å². The first-order valence-electron chi connectivity index (χ1n) is 31.1. The van der Waals surface area contributed by atoms with Gasteiger partial charge in [0.15, 0.2) is 0 Å². The average Bonchev–Trinajstić information content (AvgIpc) is 1.65. The normalized spacial score (nSPS) is 14.9. The molecule has 3 heteroatoms. The van der Waals surface area contributed by atoms with Gasteiger partial charge in [-0.25, -0.2) is 0 Å². The molecule has 0 N–H and O–H groups in total. The molecule has 1 atom stereocenters. The number of nitrogens with zero attached hydrogens (tertiary/aromatic N) is 3. The van der Waals surface area contributed by atoms with E-state index in [-0.39, 0.29) is 16.7 Å². The lowest BCUT2D eigenvalue weighted by molar-refractivity contribution is 0.659. The molecule has 414 valence electrons. The van der Waals surface area contributed by atoms with E-state index in [4.69, 9.17) is 0 Å². The number of benzene rings is 13. The van der Waals surface area contributed by atoms with Crippen LogP contribution in [0.4, 0.5) is 0 Å². The molecule has 13 aromatic carbocycles. The van der Waals surface area contributed by atoms with Crippen LogP contribution in [-0.2, 0) is 10.8 Å². The fourth-order valence-electron chi connectivity index (χ4n) is 16.5. The van der Waals surface area contributed by atoms with Crippen LogP contribution in [0.2, 0.25) is 0 Å². The summed E-state index contributed by atoms with van der Waals surface area (Å²) < 4.78 is 7.33. The molecule has 16 aromatic rings. The lowest BCUT2D eigenvalue weighted by Crippen LogP contribution is -2.15. The van der Waals surface area contributed by atoms with Crippen LogP contribution in [0.3, 0.4) is 0 Å². The van der Waals surface area contributed by atoms with Crippen LogP contribution in [-0.4, -0.2) is 13.7 Å². The maximum absolute atomic E-state index is 2.58. The van der Waals surface area contributed by atoms with E-state index >= 15 is 0 Å². The smallest absolute Gasteiger partial charge is 0.0544 e. The summed E-state index contributed by atoms with van der Waals surface area (Å²) in [7, 11) is 0. The fraction of sp³-hybridized carbons (Fsp3) is 0.0824. The first-order chi connectivity index (χ1) is 43.2. The van der Waals surface area contributed by atoms with Gasteiger partial charge in [0.05, 0.1) is 33.1 Å². The zero-order chi connectivity index (χ0) is 58.3. The molecular formula is C85H59N3. The van der Waals surface area contributed by atoms with Gasteiger partial charge < -0.3 is 13.7 Å². The molecule has 3 aromatic heterocycles. The van der Waals surface area contributed by atoms with Crippen LogP contribution in [0.5, 0.6) is 0 Å². The SMILES string of the molecule is CC1(C)c2ccc(-c3ccc(-n4c5ccc(-c6ccc7c(c6)c6ccccc6n7-c6ccccc6)cc5c5cc6c(cc54)C(C)(C)c4ccccc4-6)cc3)cc2-c2cc3c(cc21)C(c1ccc2c(c1)c1ccccc1n2-c1ccccc1)c1ccccc1-3. The second-order valence-electron chi connectivity index (χ2n) is 26.0. The Kier molecular flexibility index (Phi) is 10.1. The number of aromatic nitrogens is 3. The van der Waals surface area contributed by atoms with Crippen LogP contribution >= 0.6 is 0 Å². The van der Waals surface area contributed by atoms with Crippen LogP contribution in [0.15, 0.2) is 279 Å². The first kappa shape index (κ1) is 49.5. The highest BCUT2D eigenvalue weighted by Crippen LogP contribution is 2.57. The molecular weight excluding hydrogens is 1060 g/mol. The minimum Gasteiger partial charge on any atom is -0.309 e. The van der Waals surface area contributed by atoms with E-state index in [0.29, 0.717) is 0 Å². The Morgan fingerprint density at radius 3 is 1.35 bits per heavy atom. The topological polar surface area (TPSA) is 14.8 Å². The Labute approximate surface area is 511 Å². The van der Waals surface area contributed by atoms with Crippen LogP contribution < -0.4 is 0 Å². The number of fused-ring (bicyclic) bond motifs is 18. The van der Waals surface area contributed by atoms with Gasteiger partial charge in [-0.05, 0) is 204 Å². The maximum atomic E-state index is 2.58. The number of hydrogen-bond donors (Lipinski definition) is 0. The fourth-order valence-corrected chi connectivity index (χ4v) is 16.5. The Hall–Kier alpha value is -10.7. The first-order valence-corrected chi connectivity index (χ1v) is 31.1. The van der Waals surface area contributed by atoms with E-state index < -0.39 is 0 Å². The predicted octanol–water partition coefficient (Wildman–Crippen LogP) is 22.1. The highest BCUT2D eigenvalue weighted by molar-refractivity contribution is 6.15. The summed E-state index contributed by atoms with van der Waals surface area (Å²) in [5.74, 6) is 0.115. The summed E-state index contributed by atoms with van der Waals surface area (Å²) in [4.78, 5) is 0. The lowest BCUT2D eigenvalue weighted by atomic mass is 9.80. The third-order valence-electron chi connectivity index (χ3n) is 20.7. The van der Waals surface area contributed by atoms with Crippen LogP contribution in [0.25, 0.3) is 138 Å². The van der Waals surface area contributed by atoms with Crippen molar-refractivity contribution in [3.05, 3.63) is 318 Å². The predicted molar refractivity (Wildman–Crippen MR) is 368 cm³/mol. The molecule has 0 aliphatic heterocycles. The van der Waals surface area contributed by atoms with Crippen molar-refractivity contribution in [3.63, 3.8) is 0 Å². The van der Waals surface area contributed by atoms with Gasteiger partial charge in [0.25, 0.3) is 0 Å². The molecule has 3 heterocycles. The van der Waals surface area contributed by atoms with Crippen molar-refractivity contribution >= 4 is 65.4 Å². The Bertz CT molecular complexity index is 5670. The van der Waals surface area contributed by atoms with Crippen molar-refractivity contribution in [2.24, 2.45) is 0 Å². The highest BCUT2D eigenvalue weighted by atomic mass is 15.0. The number of hydrogen-bond acceptors (Lipinski definition) is 0. The van der Waals surface area contributed by atoms with Crippen molar-refractivity contribution in [1.29, 1.82) is 0 Å². The largest absolute Gasteiger partial charge is 0.309 e. The van der Waals surface area contributed by atoms with E-state index in [9.17, 15) is 0 Å². The summed E-state index contributed by atoms with van der Waals surface area (Å²) in [6.45, 7) is 9.63. The zero-order valence-corrected chi connectivity index (χ0v) is 49.5. The molecule has 0 spiro atoms. The minimum atomic E-state index is -0.184. The molecule has 3 aliphatic carbocycles. The third kappa shape index (κ3) is 6.79. The second-order valence-corrected chi connectivity index (χ2v) is 26.0. The molecule has 1 unspecified atom stereocenters. The molecule has 0 saturated heterocycles. The Morgan fingerprint density at radius 2 is 0.682 bits per heavy atom. The molecule has 3 nitrogen and oxygen atoms in total. The van der Waals surface area contributed by atoms with E-state index in [1.165, 1.54) is 171 Å². The summed E-state index contributed by atoms with van der Waals surface area (Å²) in [5.41, 5.74) is 33.0. The lowest BCUT2D eigenvalue weighted by Gasteiger charge is -2.23. The summed E-state index contributed by atoms with van der Waals surface area (Å²) in [5, 5.41) is 7.59. The van der Waals surface area contributed by atoms with Crippen molar-refractivity contribution in [3.8, 4) is 72.7 Å². The van der Waals surface area contributed by atoms with E-state index in [2.05, 4.69) is 320 Å². The molecule has 0 radical (unpaired) electrons. The second kappa shape index (κ2) is 17.9. The van der Waals surface area contributed by atoms with Gasteiger partial charge in [-0.15, -0.1) is 0 Å². The summed E-state index contributed by atoms with van der Waals surface area (Å²) >= 11 is 0. The van der Waals surface area contributed by atoms with Gasteiger partial charge >= 0.3 is 0 Å². The van der Waals surface area contributed by atoms with Crippen molar-refractivity contribution in [1.82, 2.24) is 13.7 Å². The van der Waals surface area contributed by atoms with Gasteiger partial charge in [-0.1, -0.05) is 198 Å². The van der Waals surface area contributed by atoms with Crippen molar-refractivity contribution in [2.45, 2.75) is 44.4 Å². The molecule has 0 amide bonds. The van der Waals surface area contributed by atoms with Gasteiger partial charge in [0.1, 0.15) is 0 Å². The van der Waals surface area contributed by atoms with E-state index in [1.807, 2.05) is 0 Å². The van der Waals surface area contributed by atoms with Gasteiger partial charge in [-0.2, -0.15) is 0 Å². The average molecular weight is 1120 g/mol. The van der Waals surface area contributed by atoms with Gasteiger partial charge in [0, 0.05) is 66.1 Å². The van der Waals surface area contributed by atoms with Crippen LogP contribution in [0, 0.1) is 0 Å². The standard InChI is InChI=1S/C85H59N3/c1-84(2)73-28-16-13-24-60(73)66-48-71-70-45-54(53-34-40-79-68(44-53)61-25-14-17-29-77(61)86(79)56-19-7-5-8-20-56)35-41-81(70)88(82(71)50-76(66)84)58-37-31-51(32-38-58)52-33-39-74-65(43-52)67-47-64-59-23-11-12-27-63(59)83(72(64)49-75(67)85(74,3)4)55-36-42-80-69(46-55)62-26-15-18-30-78(62)87(80)57-21-9-6-10-22-57/h5-50,83H,1-4H3.